The number of alkyl halides is 3. The van der Waals surface area contributed by atoms with Crippen molar-refractivity contribution in [2.75, 3.05) is 11.8 Å². The molecule has 0 spiro atoms. The highest BCUT2D eigenvalue weighted by Crippen LogP contribution is 2.34. The lowest BCUT2D eigenvalue weighted by molar-refractivity contribution is -0.274. The molecule has 2 rings (SSSR count). The maximum atomic E-state index is 13.0. The van der Waals surface area contributed by atoms with E-state index in [1.165, 1.54) is 12.1 Å². The Morgan fingerprint density at radius 3 is 2.48 bits per heavy atom. The smallest absolute Gasteiger partial charge is 0.506 e. The summed E-state index contributed by atoms with van der Waals surface area (Å²) in [5.74, 6) is -2.79. The second kappa shape index (κ2) is 9.30. The lowest BCUT2D eigenvalue weighted by Crippen LogP contribution is -2.25. The molecule has 0 aliphatic rings. The van der Waals surface area contributed by atoms with Crippen LogP contribution in [-0.4, -0.2) is 44.3 Å². The lowest BCUT2D eigenvalue weighted by atomic mass is 10.0. The number of amides is 1. The van der Waals surface area contributed by atoms with E-state index in [1.54, 1.807) is 0 Å². The van der Waals surface area contributed by atoms with Crippen LogP contribution in [0.4, 0.5) is 18.9 Å². The van der Waals surface area contributed by atoms with Crippen molar-refractivity contribution in [3.63, 3.8) is 0 Å². The fourth-order valence-corrected chi connectivity index (χ4v) is 4.24. The number of nitrogens with one attached hydrogen (secondary N) is 1. The molecular formula is C17H16BrF3N2O7S. The average Bonchev–Trinajstić information content (AvgIpc) is 2.63. The van der Waals surface area contributed by atoms with Gasteiger partial charge in [-0.25, -0.2) is 8.42 Å². The Morgan fingerprint density at radius 1 is 1.29 bits per heavy atom. The minimum Gasteiger partial charge on any atom is -0.506 e. The normalized spacial score (nSPS) is 13.0. The van der Waals surface area contributed by atoms with E-state index in [0.29, 0.717) is 16.6 Å². The van der Waals surface area contributed by atoms with Gasteiger partial charge in [0.25, 0.3) is 10.0 Å². The summed E-state index contributed by atoms with van der Waals surface area (Å²) in [7, 11) is -3.64. The summed E-state index contributed by atoms with van der Waals surface area (Å²) in [5.41, 5.74) is 3.84. The molecule has 170 valence electrons. The molecule has 0 aromatic heterocycles. The van der Waals surface area contributed by atoms with E-state index in [-0.39, 0.29) is 5.69 Å². The van der Waals surface area contributed by atoms with E-state index in [2.05, 4.69) is 25.4 Å². The number of aromatic hydroxyl groups is 1. The van der Waals surface area contributed by atoms with E-state index in [4.69, 9.17) is 5.73 Å². The van der Waals surface area contributed by atoms with Crippen LogP contribution in [0.1, 0.15) is 15.9 Å². The second-order valence-electron chi connectivity index (χ2n) is 6.02. The van der Waals surface area contributed by atoms with Gasteiger partial charge in [-0.05, 0) is 29.8 Å². The first-order valence-corrected chi connectivity index (χ1v) is 10.5. The number of benzene rings is 2. The molecule has 0 saturated carbocycles. The van der Waals surface area contributed by atoms with Crippen molar-refractivity contribution in [1.29, 1.82) is 0 Å². The van der Waals surface area contributed by atoms with E-state index in [9.17, 15) is 36.6 Å². The van der Waals surface area contributed by atoms with Crippen LogP contribution in [-0.2, 0) is 21.2 Å². The van der Waals surface area contributed by atoms with Crippen LogP contribution < -0.4 is 15.2 Å². The molecule has 9 nitrogen and oxygen atoms in total. The summed E-state index contributed by atoms with van der Waals surface area (Å²) in [6, 6.07) is 4.88. The Kier molecular flexibility index (Phi) is 7.41. The number of halogens is 4. The van der Waals surface area contributed by atoms with Crippen molar-refractivity contribution in [3.8, 4) is 11.5 Å². The monoisotopic (exact) mass is 528 g/mol. The second-order valence-corrected chi connectivity index (χ2v) is 8.59. The zero-order chi connectivity index (χ0) is 23.6. The summed E-state index contributed by atoms with van der Waals surface area (Å²) < 4.78 is 74.9. The number of hydrogen-bond donors (Lipinski definition) is 4. The van der Waals surface area contributed by atoms with Gasteiger partial charge in [0.15, 0.2) is 6.29 Å². The molecule has 0 saturated heterocycles. The number of nitrogens with two attached hydrogens (primary N) is 1. The van der Waals surface area contributed by atoms with Gasteiger partial charge in [0.1, 0.15) is 11.5 Å². The predicted molar refractivity (Wildman–Crippen MR) is 105 cm³/mol. The number of aliphatic hydroxyl groups is 1. The Morgan fingerprint density at radius 2 is 1.94 bits per heavy atom. The SMILES string of the molecule is COC(O)Cc1c(C(N)=O)cc(OC(F)(F)F)cc1S(=O)(=O)Nc1cc(Br)ccc1O. The van der Waals surface area contributed by atoms with Gasteiger partial charge in [0.2, 0.25) is 5.91 Å². The van der Waals surface area contributed by atoms with E-state index in [0.717, 1.165) is 13.2 Å². The Balaban J connectivity index is 2.73. The number of carbonyl (C=O) groups excluding carboxylic acids is 1. The Hall–Kier alpha value is -2.55. The molecule has 0 radical (unpaired) electrons. The van der Waals surface area contributed by atoms with Gasteiger partial charge in [-0.1, -0.05) is 15.9 Å². The van der Waals surface area contributed by atoms with Crippen LogP contribution >= 0.6 is 15.9 Å². The largest absolute Gasteiger partial charge is 0.573 e. The van der Waals surface area contributed by atoms with Crippen LogP contribution in [0.3, 0.4) is 0 Å². The number of ether oxygens (including phenoxy) is 2. The maximum absolute atomic E-state index is 13.0. The number of anilines is 1. The van der Waals surface area contributed by atoms with E-state index >= 15 is 0 Å². The zero-order valence-electron chi connectivity index (χ0n) is 15.6. The number of phenols is 1. The molecule has 0 aliphatic carbocycles. The highest BCUT2D eigenvalue weighted by molar-refractivity contribution is 9.10. The number of sulfonamides is 1. The topological polar surface area (TPSA) is 148 Å². The molecule has 5 N–H and O–H groups in total. The van der Waals surface area contributed by atoms with E-state index in [1.807, 2.05) is 4.72 Å². The maximum Gasteiger partial charge on any atom is 0.573 e. The first-order chi connectivity index (χ1) is 14.2. The summed E-state index contributed by atoms with van der Waals surface area (Å²) in [6.45, 7) is 0. The van der Waals surface area contributed by atoms with Crippen molar-refractivity contribution in [2.45, 2.75) is 24.0 Å². The molecular weight excluding hydrogens is 513 g/mol. The standard InChI is InChI=1S/C17H16BrF3N2O7S/c1-29-15(25)7-10-11(16(22)26)5-9(30-17(19,20)21)6-14(10)31(27,28)23-12-4-8(18)2-3-13(12)24/h2-6,15,23-25H,7H2,1H3,(H2,22,26). The quantitative estimate of drug-likeness (QED) is 0.303. The van der Waals surface area contributed by atoms with Gasteiger partial charge in [-0.2, -0.15) is 0 Å². The number of hydrogen-bond acceptors (Lipinski definition) is 7. The Bertz CT molecular complexity index is 1090. The number of rotatable bonds is 8. The fourth-order valence-electron chi connectivity index (χ4n) is 2.53. The molecule has 14 heteroatoms. The van der Waals surface area contributed by atoms with Gasteiger partial charge in [0, 0.05) is 29.6 Å². The Labute approximate surface area is 182 Å². The molecule has 31 heavy (non-hydrogen) atoms. The minimum absolute atomic E-state index is 0.310. The van der Waals surface area contributed by atoms with Crippen LogP contribution in [0.25, 0.3) is 0 Å². The zero-order valence-corrected chi connectivity index (χ0v) is 18.0. The molecule has 2 aromatic rings. The summed E-state index contributed by atoms with van der Waals surface area (Å²) in [6.07, 6.45) is -7.41. The number of phenolic OH excluding ortho intramolecular Hbond substituents is 1. The molecule has 1 atom stereocenters. The molecule has 0 bridgehead atoms. The molecule has 1 amide bonds. The first kappa shape index (κ1) is 24.7. The lowest BCUT2D eigenvalue weighted by Gasteiger charge is -2.19. The van der Waals surface area contributed by atoms with Gasteiger partial charge in [-0.15, -0.1) is 13.2 Å². The predicted octanol–water partition coefficient (Wildman–Crippen LogP) is 2.46. The number of methoxy groups -OCH3 is 1. The van der Waals surface area contributed by atoms with Crippen LogP contribution in [0.5, 0.6) is 11.5 Å². The third-order valence-electron chi connectivity index (χ3n) is 3.82. The molecule has 0 aliphatic heterocycles. The van der Waals surface area contributed by atoms with Gasteiger partial charge in [-0.3, -0.25) is 9.52 Å². The number of carbonyl (C=O) groups is 1. The molecule has 0 fully saturated rings. The minimum atomic E-state index is -5.19. The summed E-state index contributed by atoms with van der Waals surface area (Å²) in [5, 5.41) is 19.7. The van der Waals surface area contributed by atoms with Gasteiger partial charge < -0.3 is 25.4 Å². The van der Waals surface area contributed by atoms with Crippen molar-refractivity contribution in [1.82, 2.24) is 0 Å². The third kappa shape index (κ3) is 6.46. The van der Waals surface area contributed by atoms with Crippen molar-refractivity contribution >= 4 is 37.5 Å². The number of aliphatic hydroxyl groups excluding tert-OH is 1. The van der Waals surface area contributed by atoms with Gasteiger partial charge in [0.05, 0.1) is 10.6 Å². The molecule has 2 aromatic carbocycles. The first-order valence-electron chi connectivity index (χ1n) is 8.18. The van der Waals surface area contributed by atoms with Crippen LogP contribution in [0.2, 0.25) is 0 Å². The van der Waals surface area contributed by atoms with Crippen LogP contribution in [0.15, 0.2) is 39.7 Å². The molecule has 0 heterocycles. The van der Waals surface area contributed by atoms with Crippen LogP contribution in [0, 0.1) is 0 Å². The summed E-state index contributed by atoms with van der Waals surface area (Å²) in [4.78, 5) is 11.0. The van der Waals surface area contributed by atoms with E-state index < -0.39 is 62.5 Å². The highest BCUT2D eigenvalue weighted by atomic mass is 79.9. The average molecular weight is 529 g/mol. The third-order valence-corrected chi connectivity index (χ3v) is 5.75. The fraction of sp³-hybridized carbons (Fsp3) is 0.235. The summed E-state index contributed by atoms with van der Waals surface area (Å²) >= 11 is 3.09. The highest BCUT2D eigenvalue weighted by Gasteiger charge is 2.34. The van der Waals surface area contributed by atoms with Crippen molar-refractivity contribution in [2.24, 2.45) is 5.73 Å². The van der Waals surface area contributed by atoms with Gasteiger partial charge >= 0.3 is 6.36 Å². The number of primary amides is 1. The van der Waals surface area contributed by atoms with Crippen molar-refractivity contribution < 1.29 is 46.1 Å². The molecule has 1 unspecified atom stereocenters. The van der Waals surface area contributed by atoms with Crippen molar-refractivity contribution in [3.05, 3.63) is 45.9 Å².